The fraction of sp³-hybridized carbons (Fsp3) is 0.368. The molecule has 0 aliphatic carbocycles. The first kappa shape index (κ1) is 18.8. The first-order chi connectivity index (χ1) is 14.0. The zero-order valence-corrected chi connectivity index (χ0v) is 16.4. The highest BCUT2D eigenvalue weighted by atomic mass is 16.2. The molecule has 150 valence electrons. The van der Waals surface area contributed by atoms with Crippen LogP contribution in [0.25, 0.3) is 5.82 Å². The number of hydrogen-bond acceptors (Lipinski definition) is 7. The topological polar surface area (TPSA) is 102 Å². The lowest BCUT2D eigenvalue weighted by atomic mass is 10.2. The SMILES string of the molecule is Cc1ncn(CC(=O)N2CCN(c3ccc(-n4cccn4)nn3)CC2)c(=O)c1C. The van der Waals surface area contributed by atoms with Crippen molar-refractivity contribution >= 4 is 11.7 Å². The summed E-state index contributed by atoms with van der Waals surface area (Å²) in [5, 5.41) is 12.6. The molecule has 1 aliphatic heterocycles. The molecule has 1 amide bonds. The van der Waals surface area contributed by atoms with Gasteiger partial charge in [-0.2, -0.15) is 5.10 Å². The number of carbonyl (C=O) groups is 1. The molecule has 0 unspecified atom stereocenters. The predicted molar refractivity (Wildman–Crippen MR) is 106 cm³/mol. The van der Waals surface area contributed by atoms with Gasteiger partial charge in [-0.15, -0.1) is 10.2 Å². The van der Waals surface area contributed by atoms with E-state index >= 15 is 0 Å². The number of aryl methyl sites for hydroxylation is 1. The van der Waals surface area contributed by atoms with Gasteiger partial charge in [0.2, 0.25) is 5.91 Å². The van der Waals surface area contributed by atoms with Crippen molar-refractivity contribution in [3.05, 3.63) is 58.5 Å². The molecule has 29 heavy (non-hydrogen) atoms. The van der Waals surface area contributed by atoms with Crippen LogP contribution in [0.15, 0.2) is 41.7 Å². The Bertz CT molecular complexity index is 1050. The smallest absolute Gasteiger partial charge is 0.256 e. The maximum absolute atomic E-state index is 12.6. The molecule has 0 bridgehead atoms. The van der Waals surface area contributed by atoms with E-state index in [0.717, 1.165) is 5.82 Å². The summed E-state index contributed by atoms with van der Waals surface area (Å²) in [6, 6.07) is 5.60. The van der Waals surface area contributed by atoms with E-state index in [0.29, 0.717) is 43.3 Å². The number of anilines is 1. The molecule has 1 fully saturated rings. The van der Waals surface area contributed by atoms with Crippen molar-refractivity contribution < 1.29 is 4.79 Å². The molecular weight excluding hydrogens is 372 g/mol. The first-order valence-electron chi connectivity index (χ1n) is 9.42. The number of aromatic nitrogens is 6. The molecule has 3 aromatic rings. The van der Waals surface area contributed by atoms with Gasteiger partial charge in [-0.1, -0.05) is 0 Å². The maximum atomic E-state index is 12.6. The largest absolute Gasteiger partial charge is 0.352 e. The van der Waals surface area contributed by atoms with Crippen LogP contribution in [0.1, 0.15) is 11.3 Å². The average molecular weight is 394 g/mol. The Labute approximate surface area is 167 Å². The van der Waals surface area contributed by atoms with Crippen LogP contribution in [0.4, 0.5) is 5.82 Å². The molecule has 10 heteroatoms. The molecule has 1 aliphatic rings. The van der Waals surface area contributed by atoms with Crippen molar-refractivity contribution in [3.8, 4) is 5.82 Å². The molecular formula is C19H22N8O2. The zero-order chi connectivity index (χ0) is 20.4. The summed E-state index contributed by atoms with van der Waals surface area (Å²) in [6.45, 7) is 5.95. The summed E-state index contributed by atoms with van der Waals surface area (Å²) >= 11 is 0. The van der Waals surface area contributed by atoms with Gasteiger partial charge >= 0.3 is 0 Å². The second-order valence-corrected chi connectivity index (χ2v) is 6.96. The van der Waals surface area contributed by atoms with Crippen LogP contribution in [0, 0.1) is 13.8 Å². The van der Waals surface area contributed by atoms with Gasteiger partial charge in [0.05, 0.1) is 6.33 Å². The van der Waals surface area contributed by atoms with Crippen molar-refractivity contribution in [2.75, 3.05) is 31.1 Å². The second-order valence-electron chi connectivity index (χ2n) is 6.96. The minimum absolute atomic E-state index is 0.00528. The van der Waals surface area contributed by atoms with E-state index < -0.39 is 0 Å². The average Bonchev–Trinajstić information content (AvgIpc) is 3.29. The van der Waals surface area contributed by atoms with E-state index in [2.05, 4.69) is 25.2 Å². The van der Waals surface area contributed by atoms with Gasteiger partial charge in [0, 0.05) is 49.8 Å². The van der Waals surface area contributed by atoms with E-state index in [1.807, 2.05) is 24.4 Å². The zero-order valence-electron chi connectivity index (χ0n) is 16.4. The predicted octanol–water partition coefficient (Wildman–Crippen LogP) is 0.185. The molecule has 4 rings (SSSR count). The van der Waals surface area contributed by atoms with Crippen molar-refractivity contribution in [3.63, 3.8) is 0 Å². The van der Waals surface area contributed by atoms with Gasteiger partial charge in [0.1, 0.15) is 6.54 Å². The summed E-state index contributed by atoms with van der Waals surface area (Å²) in [5.41, 5.74) is 1.09. The van der Waals surface area contributed by atoms with Crippen LogP contribution in [-0.4, -0.2) is 66.5 Å². The van der Waals surface area contributed by atoms with E-state index in [4.69, 9.17) is 0 Å². The Morgan fingerprint density at radius 1 is 1.07 bits per heavy atom. The molecule has 0 spiro atoms. The Hall–Kier alpha value is -3.56. The van der Waals surface area contributed by atoms with Crippen molar-refractivity contribution in [1.82, 2.24) is 34.4 Å². The van der Waals surface area contributed by atoms with Crippen LogP contribution in [0.2, 0.25) is 0 Å². The summed E-state index contributed by atoms with van der Waals surface area (Å²) < 4.78 is 3.02. The van der Waals surface area contributed by atoms with Gasteiger partial charge in [0.25, 0.3) is 5.56 Å². The highest BCUT2D eigenvalue weighted by molar-refractivity contribution is 5.76. The fourth-order valence-electron chi connectivity index (χ4n) is 3.23. The Balaban J connectivity index is 1.36. The van der Waals surface area contributed by atoms with Gasteiger partial charge in [-0.25, -0.2) is 9.67 Å². The highest BCUT2D eigenvalue weighted by Crippen LogP contribution is 2.14. The standard InChI is InChI=1S/C19H22N8O2/c1-14-15(2)20-13-26(19(14)29)12-18(28)25-10-8-24(9-11-25)16-4-5-17(23-22-16)27-7-3-6-21-27/h3-7,13H,8-12H2,1-2H3. The lowest BCUT2D eigenvalue weighted by Gasteiger charge is -2.35. The van der Waals surface area contributed by atoms with Gasteiger partial charge in [-0.05, 0) is 32.0 Å². The molecule has 3 aromatic heterocycles. The summed E-state index contributed by atoms with van der Waals surface area (Å²) in [7, 11) is 0. The highest BCUT2D eigenvalue weighted by Gasteiger charge is 2.23. The number of carbonyl (C=O) groups excluding carboxylic acids is 1. The van der Waals surface area contributed by atoms with E-state index in [1.54, 1.807) is 29.6 Å². The molecule has 0 atom stereocenters. The van der Waals surface area contributed by atoms with E-state index in [1.165, 1.54) is 10.9 Å². The summed E-state index contributed by atoms with van der Waals surface area (Å²) in [4.78, 5) is 32.9. The minimum atomic E-state index is -0.169. The summed E-state index contributed by atoms with van der Waals surface area (Å²) in [5.74, 6) is 1.33. The Kier molecular flexibility index (Phi) is 5.07. The van der Waals surface area contributed by atoms with E-state index in [-0.39, 0.29) is 18.0 Å². The Morgan fingerprint density at radius 3 is 2.45 bits per heavy atom. The van der Waals surface area contributed by atoms with Crippen LogP contribution >= 0.6 is 0 Å². The van der Waals surface area contributed by atoms with Crippen molar-refractivity contribution in [2.45, 2.75) is 20.4 Å². The van der Waals surface area contributed by atoms with Crippen LogP contribution in [-0.2, 0) is 11.3 Å². The first-order valence-corrected chi connectivity index (χ1v) is 9.42. The monoisotopic (exact) mass is 394 g/mol. The van der Waals surface area contributed by atoms with Crippen LogP contribution in [0.3, 0.4) is 0 Å². The third kappa shape index (κ3) is 3.86. The van der Waals surface area contributed by atoms with Crippen molar-refractivity contribution in [1.29, 1.82) is 0 Å². The molecule has 0 N–H and O–H groups in total. The lowest BCUT2D eigenvalue weighted by molar-refractivity contribution is -0.132. The lowest BCUT2D eigenvalue weighted by Crippen LogP contribution is -2.50. The van der Waals surface area contributed by atoms with E-state index in [9.17, 15) is 9.59 Å². The normalized spacial score (nSPS) is 14.3. The quantitative estimate of drug-likeness (QED) is 0.622. The number of rotatable bonds is 4. The number of piperazine rings is 1. The van der Waals surface area contributed by atoms with Gasteiger partial charge in [0.15, 0.2) is 11.6 Å². The molecule has 0 aromatic carbocycles. The van der Waals surface area contributed by atoms with Crippen LogP contribution in [0.5, 0.6) is 0 Å². The molecule has 0 saturated carbocycles. The molecule has 10 nitrogen and oxygen atoms in total. The number of amides is 1. The second kappa shape index (κ2) is 7.82. The number of nitrogens with zero attached hydrogens (tertiary/aromatic N) is 8. The minimum Gasteiger partial charge on any atom is -0.352 e. The fourth-order valence-corrected chi connectivity index (χ4v) is 3.23. The summed E-state index contributed by atoms with van der Waals surface area (Å²) in [6.07, 6.45) is 4.94. The third-order valence-electron chi connectivity index (χ3n) is 5.15. The van der Waals surface area contributed by atoms with Crippen LogP contribution < -0.4 is 10.5 Å². The van der Waals surface area contributed by atoms with Crippen molar-refractivity contribution in [2.24, 2.45) is 0 Å². The number of hydrogen-bond donors (Lipinski definition) is 0. The maximum Gasteiger partial charge on any atom is 0.256 e. The third-order valence-corrected chi connectivity index (χ3v) is 5.15. The Morgan fingerprint density at radius 2 is 1.79 bits per heavy atom. The van der Waals surface area contributed by atoms with Gasteiger partial charge < -0.3 is 9.80 Å². The molecule has 4 heterocycles. The molecule has 1 saturated heterocycles. The molecule has 0 radical (unpaired) electrons. The van der Waals surface area contributed by atoms with Gasteiger partial charge in [-0.3, -0.25) is 14.2 Å².